The van der Waals surface area contributed by atoms with Gasteiger partial charge in [0, 0.05) is 31.9 Å². The van der Waals surface area contributed by atoms with E-state index in [4.69, 9.17) is 35.4 Å². The van der Waals surface area contributed by atoms with Crippen LogP contribution < -0.4 is 10.2 Å². The van der Waals surface area contributed by atoms with Gasteiger partial charge in [0.25, 0.3) is 0 Å². The largest absolute Gasteiger partial charge is 0.368 e. The Bertz CT molecular complexity index is 748. The standard InChI is InChI=1S/C17H16Cl2FN3S/c18-13-6-5-12(11-14(13)19)22-7-9-23(10-8-22)17(24)21-16-4-2-1-3-15(16)20/h1-6,11H,7-10H2,(H,21,24). The number of para-hydroxylation sites is 1. The maximum Gasteiger partial charge on any atom is 0.173 e. The molecule has 3 rings (SSSR count). The van der Waals surface area contributed by atoms with Crippen molar-refractivity contribution in [2.75, 3.05) is 36.4 Å². The maximum absolute atomic E-state index is 13.7. The molecule has 7 heteroatoms. The monoisotopic (exact) mass is 383 g/mol. The first kappa shape index (κ1) is 17.3. The molecule has 0 spiro atoms. The van der Waals surface area contributed by atoms with Crippen LogP contribution in [0.25, 0.3) is 0 Å². The summed E-state index contributed by atoms with van der Waals surface area (Å²) in [5.74, 6) is -0.311. The minimum Gasteiger partial charge on any atom is -0.368 e. The van der Waals surface area contributed by atoms with E-state index in [-0.39, 0.29) is 5.82 Å². The number of halogens is 3. The molecule has 0 aromatic heterocycles. The number of benzene rings is 2. The van der Waals surface area contributed by atoms with Gasteiger partial charge >= 0.3 is 0 Å². The molecule has 1 N–H and O–H groups in total. The molecule has 0 unspecified atom stereocenters. The van der Waals surface area contributed by atoms with Crippen LogP contribution in [-0.4, -0.2) is 36.2 Å². The van der Waals surface area contributed by atoms with Crippen LogP contribution in [0.1, 0.15) is 0 Å². The molecule has 3 nitrogen and oxygen atoms in total. The molecule has 0 saturated carbocycles. The molecular formula is C17H16Cl2FN3S. The van der Waals surface area contributed by atoms with Gasteiger partial charge in [0.2, 0.25) is 0 Å². The molecule has 1 heterocycles. The van der Waals surface area contributed by atoms with Gasteiger partial charge in [-0.3, -0.25) is 0 Å². The van der Waals surface area contributed by atoms with Crippen LogP contribution in [0.4, 0.5) is 15.8 Å². The van der Waals surface area contributed by atoms with E-state index in [1.165, 1.54) is 6.07 Å². The van der Waals surface area contributed by atoms with Crippen molar-refractivity contribution in [2.24, 2.45) is 0 Å². The molecule has 0 bridgehead atoms. The van der Waals surface area contributed by atoms with Crippen molar-refractivity contribution in [3.8, 4) is 0 Å². The quantitative estimate of drug-likeness (QED) is 0.760. The highest BCUT2D eigenvalue weighted by molar-refractivity contribution is 7.80. The lowest BCUT2D eigenvalue weighted by Gasteiger charge is -2.37. The Balaban J connectivity index is 1.59. The summed E-state index contributed by atoms with van der Waals surface area (Å²) >= 11 is 17.4. The van der Waals surface area contributed by atoms with Crippen LogP contribution >= 0.6 is 35.4 Å². The molecule has 1 fully saturated rings. The Labute approximate surface area is 156 Å². The van der Waals surface area contributed by atoms with E-state index >= 15 is 0 Å². The Morgan fingerprint density at radius 3 is 2.38 bits per heavy atom. The molecule has 0 atom stereocenters. The number of anilines is 2. The summed E-state index contributed by atoms with van der Waals surface area (Å²) in [5, 5.41) is 4.61. The van der Waals surface area contributed by atoms with Crippen LogP contribution in [0.2, 0.25) is 10.0 Å². The number of hydrogen-bond acceptors (Lipinski definition) is 2. The van der Waals surface area contributed by atoms with E-state index in [0.717, 1.165) is 31.9 Å². The van der Waals surface area contributed by atoms with E-state index < -0.39 is 0 Å². The van der Waals surface area contributed by atoms with E-state index in [2.05, 4.69) is 10.2 Å². The van der Waals surface area contributed by atoms with Crippen molar-refractivity contribution in [3.63, 3.8) is 0 Å². The van der Waals surface area contributed by atoms with Gasteiger partial charge in [-0.05, 0) is 42.5 Å². The Morgan fingerprint density at radius 2 is 1.71 bits per heavy atom. The van der Waals surface area contributed by atoms with E-state index in [9.17, 15) is 4.39 Å². The normalized spacial score (nSPS) is 14.6. The molecule has 2 aromatic rings. The zero-order valence-electron chi connectivity index (χ0n) is 12.8. The van der Waals surface area contributed by atoms with Crippen LogP contribution in [0.5, 0.6) is 0 Å². The lowest BCUT2D eigenvalue weighted by Crippen LogP contribution is -2.50. The van der Waals surface area contributed by atoms with Crippen molar-refractivity contribution in [1.82, 2.24) is 4.90 Å². The fraction of sp³-hybridized carbons (Fsp3) is 0.235. The summed E-state index contributed by atoms with van der Waals surface area (Å²) in [6, 6.07) is 12.1. The first-order valence-corrected chi connectivity index (χ1v) is 8.71. The van der Waals surface area contributed by atoms with Crippen molar-refractivity contribution < 1.29 is 4.39 Å². The lowest BCUT2D eigenvalue weighted by atomic mass is 10.2. The third-order valence-electron chi connectivity index (χ3n) is 3.95. The van der Waals surface area contributed by atoms with Crippen molar-refractivity contribution in [1.29, 1.82) is 0 Å². The van der Waals surface area contributed by atoms with Gasteiger partial charge in [0.05, 0.1) is 15.7 Å². The average Bonchev–Trinajstić information content (AvgIpc) is 2.59. The molecule has 1 aliphatic rings. The number of nitrogens with zero attached hydrogens (tertiary/aromatic N) is 2. The zero-order chi connectivity index (χ0) is 17.1. The van der Waals surface area contributed by atoms with Crippen molar-refractivity contribution in [3.05, 3.63) is 58.3 Å². The van der Waals surface area contributed by atoms with Gasteiger partial charge in [-0.25, -0.2) is 4.39 Å². The third-order valence-corrected chi connectivity index (χ3v) is 5.05. The highest BCUT2D eigenvalue weighted by Crippen LogP contribution is 2.27. The Morgan fingerprint density at radius 1 is 1.00 bits per heavy atom. The fourth-order valence-corrected chi connectivity index (χ4v) is 3.19. The summed E-state index contributed by atoms with van der Waals surface area (Å²) in [6.07, 6.45) is 0. The summed E-state index contributed by atoms with van der Waals surface area (Å²) in [7, 11) is 0. The smallest absolute Gasteiger partial charge is 0.173 e. The summed E-state index contributed by atoms with van der Waals surface area (Å²) < 4.78 is 13.7. The zero-order valence-corrected chi connectivity index (χ0v) is 15.1. The van der Waals surface area contributed by atoms with Crippen molar-refractivity contribution >= 4 is 51.9 Å². The molecule has 0 radical (unpaired) electrons. The highest BCUT2D eigenvalue weighted by Gasteiger charge is 2.20. The van der Waals surface area contributed by atoms with Crippen LogP contribution in [0.15, 0.2) is 42.5 Å². The number of nitrogens with one attached hydrogen (secondary N) is 1. The molecule has 0 aliphatic carbocycles. The van der Waals surface area contributed by atoms with E-state index in [1.54, 1.807) is 24.3 Å². The number of rotatable bonds is 2. The van der Waals surface area contributed by atoms with Gasteiger partial charge < -0.3 is 15.1 Å². The average molecular weight is 384 g/mol. The number of hydrogen-bond donors (Lipinski definition) is 1. The van der Waals surface area contributed by atoms with Gasteiger partial charge in [-0.1, -0.05) is 35.3 Å². The highest BCUT2D eigenvalue weighted by atomic mass is 35.5. The Hall–Kier alpha value is -1.56. The van der Waals surface area contributed by atoms with Crippen molar-refractivity contribution in [2.45, 2.75) is 0 Å². The Kier molecular flexibility index (Phi) is 5.43. The maximum atomic E-state index is 13.7. The minimum atomic E-state index is -0.311. The molecule has 24 heavy (non-hydrogen) atoms. The molecule has 1 saturated heterocycles. The summed E-state index contributed by atoms with van der Waals surface area (Å²) in [5.41, 5.74) is 1.44. The fourth-order valence-electron chi connectivity index (χ4n) is 2.61. The first-order valence-electron chi connectivity index (χ1n) is 7.55. The summed E-state index contributed by atoms with van der Waals surface area (Å²) in [6.45, 7) is 3.11. The van der Waals surface area contributed by atoms with Crippen LogP contribution in [0.3, 0.4) is 0 Å². The third kappa shape index (κ3) is 3.91. The molecular weight excluding hydrogens is 368 g/mol. The van der Waals surface area contributed by atoms with E-state index in [1.807, 2.05) is 17.0 Å². The minimum absolute atomic E-state index is 0.311. The molecule has 2 aromatic carbocycles. The van der Waals surface area contributed by atoms with Crippen LogP contribution in [-0.2, 0) is 0 Å². The van der Waals surface area contributed by atoms with Crippen LogP contribution in [0, 0.1) is 5.82 Å². The summed E-state index contributed by atoms with van der Waals surface area (Å²) in [4.78, 5) is 4.26. The number of thiocarbonyl (C=S) groups is 1. The SMILES string of the molecule is Fc1ccccc1NC(=S)N1CCN(c2ccc(Cl)c(Cl)c2)CC1. The van der Waals surface area contributed by atoms with Gasteiger partial charge in [-0.15, -0.1) is 0 Å². The van der Waals surface area contributed by atoms with Gasteiger partial charge in [0.15, 0.2) is 5.11 Å². The molecule has 0 amide bonds. The first-order chi connectivity index (χ1) is 11.5. The topological polar surface area (TPSA) is 18.5 Å². The van der Waals surface area contributed by atoms with Gasteiger partial charge in [-0.2, -0.15) is 0 Å². The number of piperazine rings is 1. The second-order valence-electron chi connectivity index (χ2n) is 5.48. The second kappa shape index (κ2) is 7.55. The molecule has 126 valence electrons. The predicted octanol–water partition coefficient (Wildman–Crippen LogP) is 4.65. The molecule has 1 aliphatic heterocycles. The lowest BCUT2D eigenvalue weighted by molar-refractivity contribution is 0.391. The predicted molar refractivity (Wildman–Crippen MR) is 103 cm³/mol. The van der Waals surface area contributed by atoms with Gasteiger partial charge in [0.1, 0.15) is 5.82 Å². The second-order valence-corrected chi connectivity index (χ2v) is 6.68. The van der Waals surface area contributed by atoms with E-state index in [0.29, 0.717) is 20.8 Å².